The molecule has 5 nitrogen and oxygen atoms in total. The second-order valence-electron chi connectivity index (χ2n) is 4.62. The van der Waals surface area contributed by atoms with E-state index < -0.39 is 0 Å². The number of amides is 1. The van der Waals surface area contributed by atoms with Crippen LogP contribution in [0.15, 0.2) is 17.7 Å². The van der Waals surface area contributed by atoms with Crippen LogP contribution in [0.1, 0.15) is 29.0 Å². The van der Waals surface area contributed by atoms with E-state index in [0.29, 0.717) is 12.2 Å². The van der Waals surface area contributed by atoms with E-state index in [2.05, 4.69) is 21.8 Å². The maximum absolute atomic E-state index is 11.8. The standard InChI is InChI=1S/C13H20N4O/c1-10-9-12(16-17(10)2)13(18)15-8-5-11-3-6-14-7-4-11/h3,9,14H,4-8H2,1-2H3,(H,15,18). The van der Waals surface area contributed by atoms with Gasteiger partial charge in [0.15, 0.2) is 0 Å². The molecule has 0 atom stereocenters. The number of aromatic nitrogens is 2. The van der Waals surface area contributed by atoms with Crippen LogP contribution >= 0.6 is 0 Å². The van der Waals surface area contributed by atoms with Crippen LogP contribution in [0.5, 0.6) is 0 Å². The number of carbonyl (C=O) groups is 1. The van der Waals surface area contributed by atoms with E-state index in [1.807, 2.05) is 14.0 Å². The summed E-state index contributed by atoms with van der Waals surface area (Å²) in [6, 6.07) is 1.80. The summed E-state index contributed by atoms with van der Waals surface area (Å²) >= 11 is 0. The molecule has 1 aromatic heterocycles. The van der Waals surface area contributed by atoms with E-state index in [9.17, 15) is 4.79 Å². The summed E-state index contributed by atoms with van der Waals surface area (Å²) in [5.41, 5.74) is 2.90. The summed E-state index contributed by atoms with van der Waals surface area (Å²) in [5, 5.41) is 10.3. The van der Waals surface area contributed by atoms with Gasteiger partial charge in [-0.05, 0) is 32.4 Å². The fourth-order valence-corrected chi connectivity index (χ4v) is 2.00. The van der Waals surface area contributed by atoms with Gasteiger partial charge in [0.05, 0.1) is 0 Å². The quantitative estimate of drug-likeness (QED) is 0.774. The molecule has 0 aromatic carbocycles. The van der Waals surface area contributed by atoms with Crippen molar-refractivity contribution in [2.45, 2.75) is 19.8 Å². The maximum atomic E-state index is 11.8. The molecule has 18 heavy (non-hydrogen) atoms. The minimum atomic E-state index is -0.0896. The molecule has 0 radical (unpaired) electrons. The smallest absolute Gasteiger partial charge is 0.271 e. The topological polar surface area (TPSA) is 59.0 Å². The van der Waals surface area contributed by atoms with Crippen molar-refractivity contribution >= 4 is 5.91 Å². The van der Waals surface area contributed by atoms with Crippen LogP contribution in [0.25, 0.3) is 0 Å². The molecule has 0 unspecified atom stereocenters. The first-order valence-electron chi connectivity index (χ1n) is 6.34. The first kappa shape index (κ1) is 12.8. The lowest BCUT2D eigenvalue weighted by molar-refractivity contribution is 0.0948. The second kappa shape index (κ2) is 5.82. The largest absolute Gasteiger partial charge is 0.350 e. The molecule has 2 rings (SSSR count). The molecule has 1 amide bonds. The maximum Gasteiger partial charge on any atom is 0.271 e. The first-order valence-corrected chi connectivity index (χ1v) is 6.34. The Labute approximate surface area is 107 Å². The Kier molecular flexibility index (Phi) is 4.15. The van der Waals surface area contributed by atoms with E-state index in [-0.39, 0.29) is 5.91 Å². The molecule has 0 bridgehead atoms. The van der Waals surface area contributed by atoms with Crippen molar-refractivity contribution in [1.29, 1.82) is 0 Å². The zero-order valence-electron chi connectivity index (χ0n) is 11.0. The highest BCUT2D eigenvalue weighted by Crippen LogP contribution is 2.08. The van der Waals surface area contributed by atoms with Crippen molar-refractivity contribution in [2.75, 3.05) is 19.6 Å². The van der Waals surface area contributed by atoms with Gasteiger partial charge in [0.2, 0.25) is 0 Å². The molecule has 0 saturated carbocycles. The van der Waals surface area contributed by atoms with E-state index in [1.54, 1.807) is 10.7 Å². The van der Waals surface area contributed by atoms with Gasteiger partial charge in [-0.15, -0.1) is 0 Å². The fourth-order valence-electron chi connectivity index (χ4n) is 2.00. The van der Waals surface area contributed by atoms with Gasteiger partial charge < -0.3 is 10.6 Å². The molecule has 1 aliphatic rings. The molecule has 1 aromatic rings. The van der Waals surface area contributed by atoms with Crippen LogP contribution in [0.3, 0.4) is 0 Å². The number of hydrogen-bond acceptors (Lipinski definition) is 3. The van der Waals surface area contributed by atoms with Crippen molar-refractivity contribution in [3.63, 3.8) is 0 Å². The Hall–Kier alpha value is -1.62. The normalized spacial score (nSPS) is 15.3. The predicted molar refractivity (Wildman–Crippen MR) is 70.5 cm³/mol. The highest BCUT2D eigenvalue weighted by atomic mass is 16.1. The Balaban J connectivity index is 1.79. The summed E-state index contributed by atoms with van der Waals surface area (Å²) in [4.78, 5) is 11.8. The average molecular weight is 248 g/mol. The zero-order chi connectivity index (χ0) is 13.0. The number of aryl methyl sites for hydroxylation is 2. The van der Waals surface area contributed by atoms with Gasteiger partial charge in [-0.2, -0.15) is 5.10 Å². The number of nitrogens with one attached hydrogen (secondary N) is 2. The highest BCUT2D eigenvalue weighted by Gasteiger charge is 2.10. The van der Waals surface area contributed by atoms with Crippen LogP contribution in [0.2, 0.25) is 0 Å². The summed E-state index contributed by atoms with van der Waals surface area (Å²) in [5.74, 6) is -0.0896. The van der Waals surface area contributed by atoms with Crippen LogP contribution in [-0.2, 0) is 7.05 Å². The molecule has 0 fully saturated rings. The zero-order valence-corrected chi connectivity index (χ0v) is 11.0. The monoisotopic (exact) mass is 248 g/mol. The van der Waals surface area contributed by atoms with Crippen LogP contribution in [0.4, 0.5) is 0 Å². The van der Waals surface area contributed by atoms with Crippen molar-refractivity contribution in [1.82, 2.24) is 20.4 Å². The van der Waals surface area contributed by atoms with Gasteiger partial charge in [-0.1, -0.05) is 11.6 Å². The third kappa shape index (κ3) is 3.20. The van der Waals surface area contributed by atoms with E-state index in [1.165, 1.54) is 5.57 Å². The number of hydrogen-bond donors (Lipinski definition) is 2. The molecule has 2 N–H and O–H groups in total. The van der Waals surface area contributed by atoms with E-state index in [4.69, 9.17) is 0 Å². The summed E-state index contributed by atoms with van der Waals surface area (Å²) in [6.07, 6.45) is 4.22. The lowest BCUT2D eigenvalue weighted by Gasteiger charge is -2.13. The van der Waals surface area contributed by atoms with Gasteiger partial charge in [0.25, 0.3) is 5.91 Å². The third-order valence-electron chi connectivity index (χ3n) is 3.24. The van der Waals surface area contributed by atoms with Crippen LogP contribution in [0, 0.1) is 6.92 Å². The van der Waals surface area contributed by atoms with Gasteiger partial charge in [0.1, 0.15) is 5.69 Å². The summed E-state index contributed by atoms with van der Waals surface area (Å²) in [7, 11) is 1.84. The second-order valence-corrected chi connectivity index (χ2v) is 4.62. The Morgan fingerprint density at radius 2 is 2.44 bits per heavy atom. The van der Waals surface area contributed by atoms with E-state index >= 15 is 0 Å². The molecule has 98 valence electrons. The van der Waals surface area contributed by atoms with Crippen LogP contribution in [-0.4, -0.2) is 35.3 Å². The molecule has 2 heterocycles. The van der Waals surface area contributed by atoms with Gasteiger partial charge in [-0.25, -0.2) is 0 Å². The van der Waals surface area contributed by atoms with Gasteiger partial charge in [-0.3, -0.25) is 9.48 Å². The van der Waals surface area contributed by atoms with Crippen LogP contribution < -0.4 is 10.6 Å². The number of nitrogens with zero attached hydrogens (tertiary/aromatic N) is 2. The Bertz CT molecular complexity index is 442. The third-order valence-corrected chi connectivity index (χ3v) is 3.24. The lowest BCUT2D eigenvalue weighted by atomic mass is 10.1. The van der Waals surface area contributed by atoms with E-state index in [0.717, 1.165) is 31.6 Å². The Morgan fingerprint density at radius 3 is 3.06 bits per heavy atom. The summed E-state index contributed by atoms with van der Waals surface area (Å²) in [6.45, 7) is 4.60. The molecule has 5 heteroatoms. The lowest BCUT2D eigenvalue weighted by Crippen LogP contribution is -2.27. The fraction of sp³-hybridized carbons (Fsp3) is 0.538. The summed E-state index contributed by atoms with van der Waals surface area (Å²) < 4.78 is 1.71. The highest BCUT2D eigenvalue weighted by molar-refractivity contribution is 5.92. The molecular weight excluding hydrogens is 228 g/mol. The first-order chi connectivity index (χ1) is 8.66. The van der Waals surface area contributed by atoms with Crippen molar-refractivity contribution < 1.29 is 4.79 Å². The molecule has 0 saturated heterocycles. The molecule has 0 spiro atoms. The van der Waals surface area contributed by atoms with Gasteiger partial charge >= 0.3 is 0 Å². The van der Waals surface area contributed by atoms with Crippen molar-refractivity contribution in [3.05, 3.63) is 29.1 Å². The molecular formula is C13H20N4O. The number of rotatable bonds is 4. The SMILES string of the molecule is Cc1cc(C(=O)NCCC2=CCNCC2)nn1C. The average Bonchev–Trinajstić information content (AvgIpc) is 2.71. The Morgan fingerprint density at radius 1 is 1.61 bits per heavy atom. The van der Waals surface area contributed by atoms with Gasteiger partial charge in [0, 0.05) is 25.8 Å². The molecule has 0 aliphatic carbocycles. The van der Waals surface area contributed by atoms with Crippen molar-refractivity contribution in [3.8, 4) is 0 Å². The van der Waals surface area contributed by atoms with Crippen molar-refractivity contribution in [2.24, 2.45) is 7.05 Å². The molecule has 1 aliphatic heterocycles. The minimum absolute atomic E-state index is 0.0896. The number of carbonyl (C=O) groups excluding carboxylic acids is 1. The predicted octanol–water partition coefficient (Wildman–Crippen LogP) is 0.768. The minimum Gasteiger partial charge on any atom is -0.350 e.